The molecule has 0 aliphatic heterocycles. The first-order valence-electron chi connectivity index (χ1n) is 1.98. The molecule has 4 heteroatoms. The molecule has 0 heterocycles. The first-order valence-corrected chi connectivity index (χ1v) is 4.59. The molecular formula is C5H5SVWY-. The molecule has 0 aromatic carbocycles. The summed E-state index contributed by atoms with van der Waals surface area (Å²) in [6.45, 7) is 1.99. The quantitative estimate of drug-likeness (QED) is 0.493. The molecule has 46 valence electrons. The van der Waals surface area contributed by atoms with Crippen molar-refractivity contribution in [1.82, 2.24) is 0 Å². The molecule has 0 aromatic rings. The predicted octanol–water partition coefficient (Wildman–Crippen LogP) is 0.689. The molecule has 0 aliphatic carbocycles. The first kappa shape index (κ1) is 13.8. The van der Waals surface area contributed by atoms with Crippen molar-refractivity contribution in [2.45, 2.75) is 6.92 Å². The standard InChI is InChI=1S/C5H5S.V.W.Y/c1-2-3-4-5-6;;;/h4,6H,1H3;;;/q-1;;;. The van der Waals surface area contributed by atoms with E-state index in [1.165, 1.54) is 19.4 Å². The van der Waals surface area contributed by atoms with E-state index >= 15 is 0 Å². The second kappa shape index (κ2) is 8.30. The van der Waals surface area contributed by atoms with Crippen LogP contribution in [0.1, 0.15) is 6.92 Å². The van der Waals surface area contributed by atoms with Gasteiger partial charge in [0, 0.05) is 32.7 Å². The Labute approximate surface area is 106 Å². The topological polar surface area (TPSA) is 0 Å². The van der Waals surface area contributed by atoms with E-state index < -0.39 is 0 Å². The summed E-state index contributed by atoms with van der Waals surface area (Å²) >= 11 is 7.89. The van der Waals surface area contributed by atoms with Crippen molar-refractivity contribution < 1.29 is 69.0 Å². The average Bonchev–Trinajstić information content (AvgIpc) is 1.61. The minimum Gasteiger partial charge on any atom is 0 e. The van der Waals surface area contributed by atoms with E-state index in [9.17, 15) is 0 Å². The Hall–Kier alpha value is 2.21. The normalized spacial score (nSPS) is 8.56. The second-order valence-corrected chi connectivity index (χ2v) is 5.52. The molecule has 0 bridgehead atoms. The van der Waals surface area contributed by atoms with E-state index in [-0.39, 0.29) is 32.7 Å². The van der Waals surface area contributed by atoms with Gasteiger partial charge in [-0.3, -0.25) is 0 Å². The SMILES string of the molecule is C[C](=[V])[C-]=C[C](S)=[W].[Y]. The number of allylic oxidation sites excluding steroid dienone is 1. The van der Waals surface area contributed by atoms with Gasteiger partial charge in [0.1, 0.15) is 0 Å². The van der Waals surface area contributed by atoms with E-state index in [1.54, 1.807) is 0 Å². The van der Waals surface area contributed by atoms with Crippen LogP contribution in [0.4, 0.5) is 0 Å². The maximum atomic E-state index is 4.09. The van der Waals surface area contributed by atoms with Gasteiger partial charge in [0.25, 0.3) is 0 Å². The van der Waals surface area contributed by atoms with Crippen LogP contribution in [0.25, 0.3) is 0 Å². The van der Waals surface area contributed by atoms with Gasteiger partial charge in [-0.25, -0.2) is 0 Å². The van der Waals surface area contributed by atoms with Gasteiger partial charge < -0.3 is 0 Å². The van der Waals surface area contributed by atoms with Crippen LogP contribution in [0.3, 0.4) is 0 Å². The molecule has 0 aliphatic rings. The second-order valence-electron chi connectivity index (χ2n) is 1.21. The van der Waals surface area contributed by atoms with Gasteiger partial charge in [-0.1, -0.05) is 0 Å². The summed E-state index contributed by atoms with van der Waals surface area (Å²) in [5.41, 5.74) is 0. The smallest absolute Gasteiger partial charge is 0 e. The molecule has 0 N–H and O–H groups in total. The third-order valence-corrected chi connectivity index (χ3v) is 1.16. The molecule has 9 heavy (non-hydrogen) atoms. The van der Waals surface area contributed by atoms with Gasteiger partial charge in [-0.2, -0.15) is 0 Å². The fraction of sp³-hybridized carbons (Fsp3) is 0.200. The van der Waals surface area contributed by atoms with Crippen LogP contribution in [0.15, 0.2) is 6.08 Å². The summed E-state index contributed by atoms with van der Waals surface area (Å²) in [6, 6.07) is 0. The van der Waals surface area contributed by atoms with Crippen LogP contribution < -0.4 is 0 Å². The van der Waals surface area contributed by atoms with Crippen molar-refractivity contribution in [2.75, 3.05) is 0 Å². The molecule has 0 saturated carbocycles. The molecule has 0 fully saturated rings. The number of hydrogen-bond acceptors (Lipinski definition) is 1. The Bertz CT molecular complexity index is 128. The van der Waals surface area contributed by atoms with Crippen molar-refractivity contribution in [2.24, 2.45) is 0 Å². The van der Waals surface area contributed by atoms with Gasteiger partial charge in [0.2, 0.25) is 0 Å². The van der Waals surface area contributed by atoms with Gasteiger partial charge >= 0.3 is 75.5 Å². The van der Waals surface area contributed by atoms with Gasteiger partial charge in [-0.05, 0) is 0 Å². The van der Waals surface area contributed by atoms with E-state index in [0.717, 1.165) is 7.46 Å². The third-order valence-electron chi connectivity index (χ3n) is 0.405. The minimum atomic E-state index is 0. The molecule has 0 saturated heterocycles. The van der Waals surface area contributed by atoms with Crippen molar-refractivity contribution in [3.05, 3.63) is 12.2 Å². The van der Waals surface area contributed by atoms with E-state index in [4.69, 9.17) is 0 Å². The third kappa shape index (κ3) is 13.2. The van der Waals surface area contributed by atoms with Crippen LogP contribution in [0.5, 0.6) is 0 Å². The summed E-state index contributed by atoms with van der Waals surface area (Å²) in [5, 5.41) is 0. The van der Waals surface area contributed by atoms with Gasteiger partial charge in [-0.15, -0.1) is 0 Å². The molecule has 0 atom stereocenters. The van der Waals surface area contributed by atoms with Crippen LogP contribution in [-0.4, -0.2) is 7.46 Å². The molecular weight excluding hydrogens is 416 g/mol. The Balaban J connectivity index is 0. The minimum absolute atomic E-state index is 0. The Morgan fingerprint density at radius 2 is 2.22 bits per heavy atom. The first-order chi connectivity index (χ1) is 3.63. The zero-order valence-electron chi connectivity index (χ0n) is 4.96. The molecule has 0 spiro atoms. The van der Waals surface area contributed by atoms with Crippen LogP contribution in [0, 0.1) is 6.08 Å². The zero-order valence-corrected chi connectivity index (χ0v) is 13.0. The predicted molar refractivity (Wildman–Crippen MR) is 32.5 cm³/mol. The van der Waals surface area contributed by atoms with Crippen LogP contribution in [-0.2, 0) is 69.0 Å². The molecule has 0 rings (SSSR count). The van der Waals surface area contributed by atoms with Crippen molar-refractivity contribution in [3.8, 4) is 0 Å². The van der Waals surface area contributed by atoms with Gasteiger partial charge in [0.15, 0.2) is 0 Å². The van der Waals surface area contributed by atoms with Crippen molar-refractivity contribution in [1.29, 1.82) is 0 Å². The summed E-state index contributed by atoms with van der Waals surface area (Å²) in [7, 11) is 0. The maximum absolute atomic E-state index is 4.09. The number of thiol groups is 1. The monoisotopic (exact) mass is 421 g/mol. The van der Waals surface area contributed by atoms with E-state index in [2.05, 4.69) is 35.7 Å². The summed E-state index contributed by atoms with van der Waals surface area (Å²) in [4.78, 5) is 0. The Kier molecular flexibility index (Phi) is 12.7. The molecule has 0 aromatic heterocycles. The van der Waals surface area contributed by atoms with Crippen LogP contribution in [0.2, 0.25) is 0 Å². The maximum Gasteiger partial charge on any atom is 0 e. The Morgan fingerprint density at radius 1 is 1.78 bits per heavy atom. The summed E-state index contributed by atoms with van der Waals surface area (Å²) in [6.07, 6.45) is 4.90. The van der Waals surface area contributed by atoms with Gasteiger partial charge in [0.05, 0.1) is 0 Å². The van der Waals surface area contributed by atoms with E-state index in [0.29, 0.717) is 0 Å². The fourth-order valence-corrected chi connectivity index (χ4v) is 0.543. The molecule has 0 unspecified atom stereocenters. The molecule has 0 amide bonds. The average molecular weight is 421 g/mol. The summed E-state index contributed by atoms with van der Waals surface area (Å²) < 4.78 is 2.20. The number of hydrogen-bond donors (Lipinski definition) is 1. The molecule has 0 nitrogen and oxygen atoms in total. The van der Waals surface area contributed by atoms with Crippen LogP contribution >= 0.6 is 12.6 Å². The van der Waals surface area contributed by atoms with Crippen molar-refractivity contribution in [3.63, 3.8) is 0 Å². The zero-order chi connectivity index (χ0) is 6.57. The largest absolute Gasteiger partial charge is 0 e. The van der Waals surface area contributed by atoms with E-state index in [1.807, 2.05) is 13.0 Å². The number of rotatable bonds is 2. The fourth-order valence-electron chi connectivity index (χ4n) is 0.166. The molecule has 1 radical (unpaired) electrons. The van der Waals surface area contributed by atoms with Crippen molar-refractivity contribution >= 4 is 20.1 Å². The Morgan fingerprint density at radius 3 is 2.33 bits per heavy atom. The summed E-state index contributed by atoms with van der Waals surface area (Å²) in [5.74, 6) is 0.